The maximum Gasteiger partial charge on any atom is 0.305 e. The molecule has 3 aromatic rings. The highest BCUT2D eigenvalue weighted by Crippen LogP contribution is 2.35. The van der Waals surface area contributed by atoms with E-state index in [1.807, 2.05) is 24.3 Å². The van der Waals surface area contributed by atoms with Crippen LogP contribution < -0.4 is 15.5 Å². The minimum Gasteiger partial charge on any atom is -0.506 e. The summed E-state index contributed by atoms with van der Waals surface area (Å²) in [5.41, 5.74) is 2.45. The first-order chi connectivity index (χ1) is 18.7. The van der Waals surface area contributed by atoms with E-state index in [1.54, 1.807) is 17.0 Å². The normalized spacial score (nSPS) is 15.6. The number of benzene rings is 2. The fourth-order valence-electron chi connectivity index (χ4n) is 5.05. The van der Waals surface area contributed by atoms with E-state index in [0.29, 0.717) is 63.9 Å². The van der Waals surface area contributed by atoms with Gasteiger partial charge in [0.1, 0.15) is 11.3 Å². The summed E-state index contributed by atoms with van der Waals surface area (Å²) in [5.74, 6) is -2.64. The smallest absolute Gasteiger partial charge is 0.305 e. The van der Waals surface area contributed by atoms with Crippen LogP contribution in [0.5, 0.6) is 5.75 Å². The Hall–Kier alpha value is -2.53. The number of hydrogen-bond donors (Lipinski definition) is 4. The van der Waals surface area contributed by atoms with E-state index in [-0.39, 0.29) is 35.4 Å². The summed E-state index contributed by atoms with van der Waals surface area (Å²) in [7, 11) is 0. The van der Waals surface area contributed by atoms with Crippen molar-refractivity contribution in [1.82, 2.24) is 20.5 Å². The molecule has 2 aromatic carbocycles. The summed E-state index contributed by atoms with van der Waals surface area (Å²) < 4.78 is 28.3. The van der Waals surface area contributed by atoms with Crippen molar-refractivity contribution >= 4 is 39.1 Å². The fourth-order valence-corrected chi connectivity index (χ4v) is 6.18. The lowest BCUT2D eigenvalue weighted by Crippen LogP contribution is -2.47. The highest BCUT2D eigenvalue weighted by atomic mass is 35.5. The lowest BCUT2D eigenvalue weighted by Gasteiger charge is -2.37. The van der Waals surface area contributed by atoms with Gasteiger partial charge in [-0.15, -0.1) is 0 Å². The van der Waals surface area contributed by atoms with E-state index < -0.39 is 5.92 Å². The zero-order valence-corrected chi connectivity index (χ0v) is 23.4. The van der Waals surface area contributed by atoms with Crippen molar-refractivity contribution in [2.24, 2.45) is 0 Å². The SMILES string of the molecule is O=C(CCNCCc1ccccc1Cl)N(CCNCCc1ccc(O)c2[nH]c(=O)sc12)C1CCC(F)(F)CC1. The summed E-state index contributed by atoms with van der Waals surface area (Å²) in [6.07, 6.45) is 1.92. The Morgan fingerprint density at radius 1 is 1.05 bits per heavy atom. The van der Waals surface area contributed by atoms with Gasteiger partial charge in [-0.3, -0.25) is 9.59 Å². The van der Waals surface area contributed by atoms with Crippen molar-refractivity contribution in [3.8, 4) is 5.75 Å². The molecule has 4 rings (SSSR count). The maximum absolute atomic E-state index is 13.8. The molecule has 0 radical (unpaired) electrons. The Balaban J connectivity index is 1.25. The first-order valence-electron chi connectivity index (χ1n) is 13.4. The van der Waals surface area contributed by atoms with Gasteiger partial charge in [-0.05, 0) is 62.0 Å². The second kappa shape index (κ2) is 13.7. The van der Waals surface area contributed by atoms with Gasteiger partial charge in [0.05, 0.1) is 4.70 Å². The van der Waals surface area contributed by atoms with Crippen LogP contribution >= 0.6 is 22.9 Å². The Labute approximate surface area is 235 Å². The number of aromatic nitrogens is 1. The van der Waals surface area contributed by atoms with Gasteiger partial charge in [0.2, 0.25) is 11.8 Å². The van der Waals surface area contributed by atoms with Gasteiger partial charge in [-0.2, -0.15) is 0 Å². The summed E-state index contributed by atoms with van der Waals surface area (Å²) in [4.78, 5) is 29.1. The molecule has 39 heavy (non-hydrogen) atoms. The quantitative estimate of drug-likeness (QED) is 0.220. The standard InChI is InChI=1S/C28H35ClF2N4O3S/c29-22-4-2-1-3-19(22)9-14-32-16-11-24(37)35(21-7-12-28(30,31)13-8-21)18-17-33-15-10-20-5-6-23(36)25-26(20)39-27(38)34-25/h1-6,21,32-33,36H,7-18H2,(H,34,38). The second-order valence-electron chi connectivity index (χ2n) is 9.98. The molecule has 1 saturated carbocycles. The van der Waals surface area contributed by atoms with Crippen molar-refractivity contribution in [3.05, 3.63) is 62.2 Å². The highest BCUT2D eigenvalue weighted by Gasteiger charge is 2.37. The van der Waals surface area contributed by atoms with Gasteiger partial charge in [0.15, 0.2) is 0 Å². The first-order valence-corrected chi connectivity index (χ1v) is 14.6. The number of aromatic hydroxyl groups is 1. The van der Waals surface area contributed by atoms with Crippen LogP contribution in [0.15, 0.2) is 41.2 Å². The van der Waals surface area contributed by atoms with E-state index in [9.17, 15) is 23.5 Å². The van der Waals surface area contributed by atoms with Crippen LogP contribution in [0.4, 0.5) is 8.78 Å². The van der Waals surface area contributed by atoms with Crippen LogP contribution in [0.2, 0.25) is 5.02 Å². The molecule has 0 bridgehead atoms. The molecule has 7 nitrogen and oxygen atoms in total. The number of nitrogens with one attached hydrogen (secondary N) is 3. The van der Waals surface area contributed by atoms with Crippen molar-refractivity contribution in [2.75, 3.05) is 32.7 Å². The van der Waals surface area contributed by atoms with Gasteiger partial charge in [-0.25, -0.2) is 8.78 Å². The summed E-state index contributed by atoms with van der Waals surface area (Å²) >= 11 is 7.27. The van der Waals surface area contributed by atoms with Crippen LogP contribution in [0.1, 0.15) is 43.2 Å². The molecule has 0 atom stereocenters. The molecule has 212 valence electrons. The number of aromatic amines is 1. The number of alkyl halides is 2. The molecule has 1 heterocycles. The first kappa shape index (κ1) is 29.5. The molecule has 11 heteroatoms. The van der Waals surface area contributed by atoms with Gasteiger partial charge in [0.25, 0.3) is 0 Å². The van der Waals surface area contributed by atoms with E-state index in [4.69, 9.17) is 11.6 Å². The predicted octanol–water partition coefficient (Wildman–Crippen LogP) is 4.71. The zero-order valence-electron chi connectivity index (χ0n) is 21.8. The van der Waals surface area contributed by atoms with Crippen molar-refractivity contribution < 1.29 is 18.7 Å². The third-order valence-electron chi connectivity index (χ3n) is 7.23. The molecule has 1 aliphatic carbocycles. The largest absolute Gasteiger partial charge is 0.506 e. The fraction of sp³-hybridized carbons (Fsp3) is 0.500. The number of phenols is 1. The highest BCUT2D eigenvalue weighted by molar-refractivity contribution is 7.16. The average molecular weight is 581 g/mol. The monoisotopic (exact) mass is 580 g/mol. The molecular weight excluding hydrogens is 546 g/mol. The van der Waals surface area contributed by atoms with Crippen molar-refractivity contribution in [1.29, 1.82) is 0 Å². The van der Waals surface area contributed by atoms with E-state index in [2.05, 4.69) is 15.6 Å². The molecule has 1 fully saturated rings. The van der Waals surface area contributed by atoms with E-state index >= 15 is 0 Å². The van der Waals surface area contributed by atoms with Gasteiger partial charge in [0, 0.05) is 50.0 Å². The number of carbonyl (C=O) groups excluding carboxylic acids is 1. The summed E-state index contributed by atoms with van der Waals surface area (Å²) in [6, 6.07) is 10.9. The number of hydrogen-bond acceptors (Lipinski definition) is 6. The Bertz CT molecular complexity index is 1310. The average Bonchev–Trinajstić information content (AvgIpc) is 3.31. The number of phenolic OH excluding ortho intramolecular Hbond substituents is 1. The predicted molar refractivity (Wildman–Crippen MR) is 152 cm³/mol. The summed E-state index contributed by atoms with van der Waals surface area (Å²) in [6.45, 7) is 2.78. The van der Waals surface area contributed by atoms with Crippen molar-refractivity contribution in [3.63, 3.8) is 0 Å². The third kappa shape index (κ3) is 8.23. The third-order valence-corrected chi connectivity index (χ3v) is 8.56. The second-order valence-corrected chi connectivity index (χ2v) is 11.4. The van der Waals surface area contributed by atoms with Crippen LogP contribution in [0.3, 0.4) is 0 Å². The number of rotatable bonds is 13. The Kier molecular flexibility index (Phi) is 10.3. The van der Waals surface area contributed by atoms with Crippen LogP contribution in [0, 0.1) is 0 Å². The molecule has 1 aromatic heterocycles. The molecule has 0 aliphatic heterocycles. The topological polar surface area (TPSA) is 97.5 Å². The number of amides is 1. The molecule has 0 spiro atoms. The number of thiazole rings is 1. The van der Waals surface area contributed by atoms with Crippen LogP contribution in [-0.2, 0) is 17.6 Å². The molecule has 1 aliphatic rings. The number of nitrogens with zero attached hydrogens (tertiary/aromatic N) is 1. The zero-order chi connectivity index (χ0) is 27.8. The van der Waals surface area contributed by atoms with Gasteiger partial charge < -0.3 is 25.6 Å². The minimum absolute atomic E-state index is 0.0328. The van der Waals surface area contributed by atoms with Crippen molar-refractivity contribution in [2.45, 2.75) is 56.9 Å². The maximum atomic E-state index is 13.8. The van der Waals surface area contributed by atoms with Gasteiger partial charge in [-0.1, -0.05) is 47.2 Å². The minimum atomic E-state index is -2.65. The Morgan fingerprint density at radius 2 is 1.74 bits per heavy atom. The van der Waals surface area contributed by atoms with E-state index in [1.165, 1.54) is 0 Å². The lowest BCUT2D eigenvalue weighted by atomic mass is 9.91. The summed E-state index contributed by atoms with van der Waals surface area (Å²) in [5, 5.41) is 17.3. The molecule has 0 saturated heterocycles. The van der Waals surface area contributed by atoms with Crippen LogP contribution in [0.25, 0.3) is 10.2 Å². The number of carbonyl (C=O) groups is 1. The molecule has 4 N–H and O–H groups in total. The van der Waals surface area contributed by atoms with Gasteiger partial charge >= 0.3 is 4.87 Å². The number of H-pyrrole nitrogens is 1. The van der Waals surface area contributed by atoms with E-state index in [0.717, 1.165) is 38.6 Å². The Morgan fingerprint density at radius 3 is 2.49 bits per heavy atom. The lowest BCUT2D eigenvalue weighted by molar-refractivity contribution is -0.136. The number of halogens is 3. The molecule has 1 amide bonds. The van der Waals surface area contributed by atoms with Crippen LogP contribution in [-0.4, -0.2) is 65.6 Å². The molecule has 0 unspecified atom stereocenters. The molecular formula is C28H35ClF2N4O3S. The number of fused-ring (bicyclic) bond motifs is 1.